The van der Waals surface area contributed by atoms with Crippen LogP contribution in [0.4, 0.5) is 4.39 Å². The van der Waals surface area contributed by atoms with E-state index in [0.29, 0.717) is 83.8 Å². The average molecular weight is 759 g/mol. The predicted octanol–water partition coefficient (Wildman–Crippen LogP) is 5.59. The van der Waals surface area contributed by atoms with E-state index >= 15 is 0 Å². The Kier molecular flexibility index (Phi) is 12.4. The number of rotatable bonds is 13. The van der Waals surface area contributed by atoms with Gasteiger partial charge in [-0.1, -0.05) is 87.9 Å². The van der Waals surface area contributed by atoms with Crippen molar-refractivity contribution in [3.63, 3.8) is 0 Å². The summed E-state index contributed by atoms with van der Waals surface area (Å²) in [7, 11) is 0. The lowest BCUT2D eigenvalue weighted by atomic mass is 9.71. The van der Waals surface area contributed by atoms with Crippen LogP contribution in [0, 0.1) is 22.7 Å². The molecule has 4 fully saturated rings. The molecular weight excluding hydrogens is 700 g/mol. The molecule has 1 saturated carbocycles. The van der Waals surface area contributed by atoms with Crippen LogP contribution in [0.15, 0.2) is 73.1 Å². The number of carbonyl (C=O) groups is 4. The molecule has 3 atom stereocenters. The van der Waals surface area contributed by atoms with Crippen LogP contribution < -0.4 is 5.32 Å². The van der Waals surface area contributed by atoms with E-state index in [1.807, 2.05) is 79.4 Å². The Hall–Kier alpha value is -4.58. The number of nitrogens with zero attached hydrogens (tertiary/aromatic N) is 5. The van der Waals surface area contributed by atoms with Crippen LogP contribution in [0.25, 0.3) is 0 Å². The Morgan fingerprint density at radius 3 is 2.20 bits per heavy atom. The highest BCUT2D eigenvalue weighted by molar-refractivity contribution is 5.95. The molecular formula is C43H59FN6O5. The van der Waals surface area contributed by atoms with Crippen molar-refractivity contribution in [2.24, 2.45) is 22.7 Å². The molecule has 4 heterocycles. The van der Waals surface area contributed by atoms with E-state index in [1.54, 1.807) is 26.9 Å². The van der Waals surface area contributed by atoms with Crippen molar-refractivity contribution in [2.75, 3.05) is 45.8 Å². The van der Waals surface area contributed by atoms with Gasteiger partial charge in [0, 0.05) is 64.8 Å². The third-order valence-corrected chi connectivity index (χ3v) is 11.9. The van der Waals surface area contributed by atoms with E-state index in [0.717, 1.165) is 30.4 Å². The first kappa shape index (κ1) is 40.1. The number of likely N-dealkylation sites (tertiary alicyclic amines) is 3. The summed E-state index contributed by atoms with van der Waals surface area (Å²) in [4.78, 5) is 56.1. The first-order valence-corrected chi connectivity index (χ1v) is 19.8. The number of ether oxygens (including phenoxy) is 1. The maximum absolute atomic E-state index is 13.7. The molecule has 4 amide bonds. The van der Waals surface area contributed by atoms with Gasteiger partial charge in [0.2, 0.25) is 18.2 Å². The summed E-state index contributed by atoms with van der Waals surface area (Å²) in [6.07, 6.45) is 7.46. The van der Waals surface area contributed by atoms with Gasteiger partial charge in [-0.05, 0) is 49.1 Å². The highest BCUT2D eigenvalue weighted by atomic mass is 19.1. The number of amides is 4. The normalized spacial score (nSPS) is 22.2. The Balaban J connectivity index is 0.000000397. The number of piperidine rings is 1. The van der Waals surface area contributed by atoms with E-state index in [2.05, 4.69) is 24.3 Å². The summed E-state index contributed by atoms with van der Waals surface area (Å²) in [6.45, 7) is 12.5. The number of benzene rings is 2. The second kappa shape index (κ2) is 17.1. The Morgan fingerprint density at radius 1 is 0.982 bits per heavy atom. The molecule has 1 aliphatic carbocycles. The summed E-state index contributed by atoms with van der Waals surface area (Å²) < 4.78 is 21.5. The molecule has 7 rings (SSSR count). The number of hydrogen-bond acceptors (Lipinski definition) is 6. The highest BCUT2D eigenvalue weighted by Gasteiger charge is 2.61. The maximum atomic E-state index is 13.7. The molecule has 1 aromatic heterocycles. The van der Waals surface area contributed by atoms with Crippen LogP contribution in [0.2, 0.25) is 0 Å². The summed E-state index contributed by atoms with van der Waals surface area (Å²) in [5.74, 6) is -0.418. The molecule has 3 aliphatic heterocycles. The predicted molar refractivity (Wildman–Crippen MR) is 210 cm³/mol. The van der Waals surface area contributed by atoms with Gasteiger partial charge in [0.15, 0.2) is 0 Å². The Bertz CT molecular complexity index is 1780. The molecule has 0 unspecified atom stereocenters. The molecule has 3 saturated heterocycles. The lowest BCUT2D eigenvalue weighted by molar-refractivity contribution is -0.151. The second-order valence-electron chi connectivity index (χ2n) is 16.8. The minimum atomic E-state index is -0.992. The van der Waals surface area contributed by atoms with Crippen molar-refractivity contribution in [3.05, 3.63) is 89.7 Å². The second-order valence-corrected chi connectivity index (χ2v) is 16.8. The van der Waals surface area contributed by atoms with Crippen LogP contribution in [0.3, 0.4) is 0 Å². The van der Waals surface area contributed by atoms with Gasteiger partial charge in [-0.2, -0.15) is 5.10 Å². The van der Waals surface area contributed by atoms with Gasteiger partial charge in [0.1, 0.15) is 5.67 Å². The zero-order chi connectivity index (χ0) is 39.2. The van der Waals surface area contributed by atoms with Crippen LogP contribution >= 0.6 is 0 Å². The largest absolute Gasteiger partial charge is 0.372 e. The van der Waals surface area contributed by atoms with Crippen LogP contribution in [0.5, 0.6) is 0 Å². The van der Waals surface area contributed by atoms with Crippen molar-refractivity contribution in [1.29, 1.82) is 0 Å². The third kappa shape index (κ3) is 9.81. The monoisotopic (exact) mass is 758 g/mol. The van der Waals surface area contributed by atoms with Gasteiger partial charge in [0.25, 0.3) is 5.91 Å². The van der Waals surface area contributed by atoms with E-state index in [1.165, 1.54) is 0 Å². The number of nitrogens with one attached hydrogen (secondary N) is 1. The third-order valence-electron chi connectivity index (χ3n) is 11.9. The molecule has 298 valence electrons. The lowest BCUT2D eigenvalue weighted by Crippen LogP contribution is -2.64. The van der Waals surface area contributed by atoms with Gasteiger partial charge < -0.3 is 24.8 Å². The highest BCUT2D eigenvalue weighted by Crippen LogP contribution is 2.54. The fraction of sp³-hybridized carbons (Fsp3) is 0.558. The standard InChI is InChI=1S/C34H41N5O4.C9H16FNO.H2/c1-24(43-20-26-12-8-5-9-13-26)15-35-30(40)29-19-37(21-34(29)22-38(23-34)32(42)28-14-33(28,2)3)31(41)27-16-36-39(18-27)17-25-10-6-4-7-11-25;1-2-3-9(10)4-6-11(8-12)7-5-9;/h4-13,16,18,24,28-29H,14-15,17,19-23H2,1-3H3,(H,35,40);8H,2-7H2,1H3;1H/t24-,28-,29+;;/m1../s1. The molecule has 2 aromatic carbocycles. The zero-order valence-electron chi connectivity index (χ0n) is 32.8. The van der Waals surface area contributed by atoms with Gasteiger partial charge in [-0.15, -0.1) is 0 Å². The molecule has 4 aliphatic rings. The van der Waals surface area contributed by atoms with Gasteiger partial charge in [0.05, 0.1) is 36.9 Å². The molecule has 12 heteroatoms. The topological polar surface area (TPSA) is 117 Å². The molecule has 0 bridgehead atoms. The van der Waals surface area contributed by atoms with E-state index in [9.17, 15) is 23.6 Å². The summed E-state index contributed by atoms with van der Waals surface area (Å²) in [6, 6.07) is 19.9. The Labute approximate surface area is 326 Å². The molecule has 1 N–H and O–H groups in total. The van der Waals surface area contributed by atoms with Crippen molar-refractivity contribution in [2.45, 2.75) is 84.7 Å². The Morgan fingerprint density at radius 2 is 1.60 bits per heavy atom. The number of hydrogen-bond donors (Lipinski definition) is 1. The number of carbonyl (C=O) groups excluding carboxylic acids is 4. The van der Waals surface area contributed by atoms with Crippen molar-refractivity contribution in [3.8, 4) is 0 Å². The van der Waals surface area contributed by atoms with Crippen molar-refractivity contribution >= 4 is 24.1 Å². The van der Waals surface area contributed by atoms with E-state index in [4.69, 9.17) is 4.74 Å². The minimum Gasteiger partial charge on any atom is -0.372 e. The quantitative estimate of drug-likeness (QED) is 0.227. The smallest absolute Gasteiger partial charge is 0.257 e. The van der Waals surface area contributed by atoms with Crippen molar-refractivity contribution < 1.29 is 29.7 Å². The number of aromatic nitrogens is 2. The van der Waals surface area contributed by atoms with Crippen molar-refractivity contribution in [1.82, 2.24) is 29.8 Å². The van der Waals surface area contributed by atoms with Crippen LogP contribution in [-0.4, -0.2) is 106 Å². The molecule has 1 spiro atoms. The first-order chi connectivity index (χ1) is 26.3. The molecule has 3 aromatic rings. The summed E-state index contributed by atoms with van der Waals surface area (Å²) >= 11 is 0. The average Bonchev–Trinajstić information content (AvgIpc) is 3.46. The summed E-state index contributed by atoms with van der Waals surface area (Å²) in [5.41, 5.74) is 1.28. The lowest BCUT2D eigenvalue weighted by Gasteiger charge is -2.50. The molecule has 0 radical (unpaired) electrons. The molecule has 55 heavy (non-hydrogen) atoms. The minimum absolute atomic E-state index is 0. The maximum Gasteiger partial charge on any atom is 0.257 e. The SMILES string of the molecule is CCCC1(F)CCN(C=O)CC1.C[C@H](CNC(=O)[C@@H]1CN(C(=O)c2cnn(Cc3ccccc3)c2)CC12CN(C(=O)[C@H]1CC1(C)C)C2)OCc1ccccc1.[HH]. The first-order valence-electron chi connectivity index (χ1n) is 19.8. The van der Waals surface area contributed by atoms with Gasteiger partial charge in [-0.3, -0.25) is 23.9 Å². The van der Waals surface area contributed by atoms with E-state index in [-0.39, 0.29) is 36.6 Å². The fourth-order valence-electron chi connectivity index (χ4n) is 8.26. The number of halogens is 1. The summed E-state index contributed by atoms with van der Waals surface area (Å²) in [5, 5.41) is 7.50. The zero-order valence-corrected chi connectivity index (χ0v) is 32.8. The number of alkyl halides is 1. The van der Waals surface area contributed by atoms with Crippen LogP contribution in [-0.2, 0) is 32.3 Å². The van der Waals surface area contributed by atoms with E-state index < -0.39 is 17.0 Å². The van der Waals surface area contributed by atoms with Gasteiger partial charge in [-0.25, -0.2) is 4.39 Å². The fourth-order valence-corrected chi connectivity index (χ4v) is 8.26. The molecule has 11 nitrogen and oxygen atoms in total. The van der Waals surface area contributed by atoms with Crippen LogP contribution in [0.1, 0.15) is 82.7 Å². The van der Waals surface area contributed by atoms with Gasteiger partial charge >= 0.3 is 0 Å².